The summed E-state index contributed by atoms with van der Waals surface area (Å²) in [6, 6.07) is 3.80. The van der Waals surface area contributed by atoms with Crippen molar-refractivity contribution in [2.24, 2.45) is 5.92 Å². The van der Waals surface area contributed by atoms with Crippen LogP contribution in [0.15, 0.2) is 24.4 Å². The lowest BCUT2D eigenvalue weighted by Crippen LogP contribution is -2.42. The average Bonchev–Trinajstić information content (AvgIpc) is 2.93. The van der Waals surface area contributed by atoms with Gasteiger partial charge in [-0.1, -0.05) is 13.8 Å². The van der Waals surface area contributed by atoms with Crippen molar-refractivity contribution in [1.82, 2.24) is 15.8 Å². The molecule has 0 aromatic carbocycles. The number of hydrogen-bond acceptors (Lipinski definition) is 5. The van der Waals surface area contributed by atoms with Crippen LogP contribution in [0.5, 0.6) is 0 Å². The van der Waals surface area contributed by atoms with Crippen molar-refractivity contribution in [2.75, 3.05) is 18.4 Å². The third-order valence-electron chi connectivity index (χ3n) is 3.76. The summed E-state index contributed by atoms with van der Waals surface area (Å²) in [4.78, 5) is 15.4. The van der Waals surface area contributed by atoms with Crippen molar-refractivity contribution in [3.8, 4) is 0 Å². The van der Waals surface area contributed by atoms with Gasteiger partial charge in [0.15, 0.2) is 0 Å². The quantitative estimate of drug-likeness (QED) is 0.348. The fraction of sp³-hybridized carbons (Fsp3) is 0.500. The molecule has 2 rings (SSSR count). The average molecular weight is 377 g/mol. The van der Waals surface area contributed by atoms with E-state index < -0.39 is 5.91 Å². The van der Waals surface area contributed by atoms with E-state index in [1.165, 1.54) is 6.08 Å². The molecule has 6 nitrogen and oxygen atoms in total. The molecule has 1 amide bonds. The minimum absolute atomic E-state index is 0. The van der Waals surface area contributed by atoms with Crippen LogP contribution in [0.2, 0.25) is 0 Å². The van der Waals surface area contributed by atoms with Gasteiger partial charge in [0.25, 0.3) is 5.91 Å². The van der Waals surface area contributed by atoms with Gasteiger partial charge < -0.3 is 10.6 Å². The summed E-state index contributed by atoms with van der Waals surface area (Å²) in [7, 11) is 0. The minimum atomic E-state index is -0.560. The number of amides is 1. The number of halogens is 2. The van der Waals surface area contributed by atoms with Crippen molar-refractivity contribution in [1.29, 1.82) is 0 Å². The molecule has 1 fully saturated rings. The molecule has 1 saturated heterocycles. The molecule has 24 heavy (non-hydrogen) atoms. The summed E-state index contributed by atoms with van der Waals surface area (Å²) in [5.74, 6) is 0.898. The van der Waals surface area contributed by atoms with Gasteiger partial charge in [0, 0.05) is 18.8 Å². The zero-order chi connectivity index (χ0) is 16.0. The lowest BCUT2D eigenvalue weighted by Gasteiger charge is -2.32. The Morgan fingerprint density at radius 3 is 2.71 bits per heavy atom. The molecule has 4 N–H and O–H groups in total. The lowest BCUT2D eigenvalue weighted by molar-refractivity contribution is -0.124. The Balaban J connectivity index is 0.00000264. The van der Waals surface area contributed by atoms with Crippen molar-refractivity contribution in [3.63, 3.8) is 0 Å². The molecule has 0 saturated carbocycles. The van der Waals surface area contributed by atoms with Gasteiger partial charge >= 0.3 is 0 Å². The molecule has 0 aliphatic carbocycles. The number of hydrogen-bond donors (Lipinski definition) is 4. The molecular weight excluding hydrogens is 351 g/mol. The Hall–Kier alpha value is -1.34. The van der Waals surface area contributed by atoms with E-state index in [9.17, 15) is 4.79 Å². The highest BCUT2D eigenvalue weighted by Gasteiger charge is 2.34. The van der Waals surface area contributed by atoms with Crippen molar-refractivity contribution >= 4 is 42.6 Å². The maximum atomic E-state index is 10.9. The Bertz CT molecular complexity index is 529. The lowest BCUT2D eigenvalue weighted by atomic mass is 9.88. The molecule has 1 aliphatic heterocycles. The summed E-state index contributed by atoms with van der Waals surface area (Å²) in [6.45, 7) is 6.44. The zero-order valence-corrected chi connectivity index (χ0v) is 15.5. The highest BCUT2D eigenvalue weighted by molar-refractivity contribution is 5.90. The summed E-state index contributed by atoms with van der Waals surface area (Å²) >= 11 is 0. The van der Waals surface area contributed by atoms with Gasteiger partial charge in [-0.15, -0.1) is 24.8 Å². The summed E-state index contributed by atoms with van der Waals surface area (Å²) < 4.78 is 0. The molecule has 0 radical (unpaired) electrons. The third kappa shape index (κ3) is 6.65. The van der Waals surface area contributed by atoms with E-state index in [0.717, 1.165) is 37.3 Å². The first kappa shape index (κ1) is 22.7. The Morgan fingerprint density at radius 2 is 2.21 bits per heavy atom. The number of anilines is 1. The highest BCUT2D eigenvalue weighted by atomic mass is 35.5. The van der Waals surface area contributed by atoms with Crippen LogP contribution in [-0.2, 0) is 4.79 Å². The highest BCUT2D eigenvalue weighted by Crippen LogP contribution is 2.27. The van der Waals surface area contributed by atoms with Gasteiger partial charge in [0.05, 0.1) is 5.54 Å². The van der Waals surface area contributed by atoms with E-state index in [1.807, 2.05) is 12.1 Å². The van der Waals surface area contributed by atoms with Gasteiger partial charge in [-0.3, -0.25) is 10.0 Å². The fourth-order valence-electron chi connectivity index (χ4n) is 2.92. The van der Waals surface area contributed by atoms with Gasteiger partial charge in [-0.2, -0.15) is 0 Å². The second-order valence-corrected chi connectivity index (χ2v) is 6.22. The molecule has 1 atom stereocenters. The first-order chi connectivity index (χ1) is 10.5. The van der Waals surface area contributed by atoms with E-state index in [1.54, 1.807) is 17.8 Å². The molecule has 1 aromatic heterocycles. The minimum Gasteiger partial charge on any atom is -0.363 e. The number of pyridine rings is 1. The van der Waals surface area contributed by atoms with Crippen molar-refractivity contribution in [2.45, 2.75) is 32.2 Å². The van der Waals surface area contributed by atoms with E-state index in [4.69, 9.17) is 5.21 Å². The zero-order valence-electron chi connectivity index (χ0n) is 13.9. The SMILES string of the molecule is CC(C)C[C@@]1(Nc2ccc(/C=C/C(=O)NO)cn2)CCNC1.Cl.Cl. The Kier molecular flexibility index (Phi) is 9.92. The van der Waals surface area contributed by atoms with Crippen molar-refractivity contribution in [3.05, 3.63) is 30.0 Å². The second-order valence-electron chi connectivity index (χ2n) is 6.22. The number of nitrogens with zero attached hydrogens (tertiary/aromatic N) is 1. The fourth-order valence-corrected chi connectivity index (χ4v) is 2.92. The normalized spacial score (nSPS) is 19.7. The van der Waals surface area contributed by atoms with Gasteiger partial charge in [-0.05, 0) is 49.1 Å². The van der Waals surface area contributed by atoms with Crippen LogP contribution in [-0.4, -0.2) is 34.7 Å². The molecule has 1 aromatic rings. The third-order valence-corrected chi connectivity index (χ3v) is 3.76. The summed E-state index contributed by atoms with van der Waals surface area (Å²) in [6.07, 6.45) is 6.74. The van der Waals surface area contributed by atoms with E-state index in [2.05, 4.69) is 29.5 Å². The maximum absolute atomic E-state index is 10.9. The summed E-state index contributed by atoms with van der Waals surface area (Å²) in [5, 5.41) is 15.4. The van der Waals surface area contributed by atoms with Crippen LogP contribution in [0.3, 0.4) is 0 Å². The molecule has 0 bridgehead atoms. The largest absolute Gasteiger partial charge is 0.363 e. The van der Waals surface area contributed by atoms with Crippen LogP contribution in [0.25, 0.3) is 6.08 Å². The van der Waals surface area contributed by atoms with Crippen LogP contribution >= 0.6 is 24.8 Å². The first-order valence-electron chi connectivity index (χ1n) is 7.60. The van der Waals surface area contributed by atoms with Gasteiger partial charge in [0.2, 0.25) is 0 Å². The number of carbonyl (C=O) groups is 1. The molecular formula is C16H26Cl2N4O2. The number of carbonyl (C=O) groups excluding carboxylic acids is 1. The van der Waals surface area contributed by atoms with Gasteiger partial charge in [0.1, 0.15) is 5.82 Å². The van der Waals surface area contributed by atoms with E-state index in [0.29, 0.717) is 5.92 Å². The van der Waals surface area contributed by atoms with E-state index in [-0.39, 0.29) is 30.4 Å². The van der Waals surface area contributed by atoms with Crippen LogP contribution < -0.4 is 16.1 Å². The predicted octanol–water partition coefficient (Wildman–Crippen LogP) is 2.63. The van der Waals surface area contributed by atoms with Crippen molar-refractivity contribution < 1.29 is 10.0 Å². The molecule has 1 aliphatic rings. The molecule has 0 unspecified atom stereocenters. The molecule has 2 heterocycles. The predicted molar refractivity (Wildman–Crippen MR) is 101 cm³/mol. The summed E-state index contributed by atoms with van der Waals surface area (Å²) in [5.41, 5.74) is 2.42. The molecule has 0 spiro atoms. The topological polar surface area (TPSA) is 86.3 Å². The number of nitrogens with one attached hydrogen (secondary N) is 3. The van der Waals surface area contributed by atoms with Crippen LogP contribution in [0.4, 0.5) is 5.82 Å². The Morgan fingerprint density at radius 1 is 1.46 bits per heavy atom. The van der Waals surface area contributed by atoms with Crippen LogP contribution in [0, 0.1) is 5.92 Å². The number of hydroxylamine groups is 1. The standard InChI is InChI=1S/C16H24N4O2.2ClH/c1-12(2)9-16(7-8-17-11-16)19-14-5-3-13(10-18-14)4-6-15(21)20-22;;/h3-6,10,12,17,22H,7-9,11H2,1-2H3,(H,18,19)(H,20,21);2*1H/b6-4+;;/t16-;;/m0../s1. The maximum Gasteiger partial charge on any atom is 0.267 e. The molecule has 136 valence electrons. The first-order valence-corrected chi connectivity index (χ1v) is 7.60. The molecule has 8 heteroatoms. The van der Waals surface area contributed by atoms with E-state index >= 15 is 0 Å². The number of rotatable bonds is 6. The Labute approximate surface area is 155 Å². The second kappa shape index (κ2) is 10.5. The smallest absolute Gasteiger partial charge is 0.267 e. The number of aromatic nitrogens is 1. The monoisotopic (exact) mass is 376 g/mol. The van der Waals surface area contributed by atoms with Gasteiger partial charge in [-0.25, -0.2) is 10.5 Å². The van der Waals surface area contributed by atoms with Crippen LogP contribution in [0.1, 0.15) is 32.3 Å².